The third-order valence-electron chi connectivity index (χ3n) is 2.47. The molecule has 2 N–H and O–H groups in total. The van der Waals surface area contributed by atoms with E-state index in [0.717, 1.165) is 11.3 Å². The maximum atomic E-state index is 11.9. The summed E-state index contributed by atoms with van der Waals surface area (Å²) in [5.74, 6) is -0.377. The Morgan fingerprint density at radius 2 is 2.16 bits per heavy atom. The fourth-order valence-electron chi connectivity index (χ4n) is 1.71. The number of H-pyrrole nitrogens is 1. The Kier molecular flexibility index (Phi) is 5.51. The lowest BCUT2D eigenvalue weighted by atomic mass is 10.1. The smallest absolute Gasteiger partial charge is 0.261 e. The fraction of sp³-hybridized carbons (Fsp3) is 0.429. The van der Waals surface area contributed by atoms with Crippen molar-refractivity contribution in [2.75, 3.05) is 19.8 Å². The van der Waals surface area contributed by atoms with Gasteiger partial charge in [-0.05, 0) is 32.4 Å². The molecule has 0 saturated carbocycles. The average molecular weight is 264 g/mol. The van der Waals surface area contributed by atoms with Gasteiger partial charge in [-0.25, -0.2) is 0 Å². The van der Waals surface area contributed by atoms with Crippen molar-refractivity contribution >= 4 is 5.91 Å². The van der Waals surface area contributed by atoms with E-state index in [4.69, 9.17) is 4.74 Å². The molecule has 0 atom stereocenters. The van der Waals surface area contributed by atoms with Crippen molar-refractivity contribution in [1.82, 2.24) is 10.3 Å². The number of ether oxygens (including phenoxy) is 1. The van der Waals surface area contributed by atoms with Gasteiger partial charge in [0.25, 0.3) is 11.5 Å². The van der Waals surface area contributed by atoms with Crippen molar-refractivity contribution in [3.05, 3.63) is 45.4 Å². The van der Waals surface area contributed by atoms with Gasteiger partial charge < -0.3 is 15.0 Å². The van der Waals surface area contributed by atoms with Crippen LogP contribution in [0, 0.1) is 13.8 Å². The van der Waals surface area contributed by atoms with Crippen LogP contribution < -0.4 is 10.9 Å². The number of hydrogen-bond donors (Lipinski definition) is 2. The highest BCUT2D eigenvalue weighted by Crippen LogP contribution is 2.03. The summed E-state index contributed by atoms with van der Waals surface area (Å²) in [5.41, 5.74) is 2.13. The number of hydrogen-bond acceptors (Lipinski definition) is 3. The first kappa shape index (κ1) is 15.2. The highest BCUT2D eigenvalue weighted by Gasteiger charge is 2.13. The molecule has 1 aromatic rings. The molecule has 1 heterocycles. The van der Waals surface area contributed by atoms with Crippen LogP contribution in [0.5, 0.6) is 0 Å². The minimum absolute atomic E-state index is 0.158. The van der Waals surface area contributed by atoms with Gasteiger partial charge in [0.05, 0.1) is 13.2 Å². The van der Waals surface area contributed by atoms with Crippen LogP contribution in [0.4, 0.5) is 0 Å². The summed E-state index contributed by atoms with van der Waals surface area (Å²) in [4.78, 5) is 26.2. The summed E-state index contributed by atoms with van der Waals surface area (Å²) in [6.07, 6.45) is 0. The lowest BCUT2D eigenvalue weighted by Gasteiger charge is -2.08. The average Bonchev–Trinajstić information content (AvgIpc) is 2.26. The lowest BCUT2D eigenvalue weighted by Crippen LogP contribution is -2.33. The molecule has 1 amide bonds. The molecule has 0 aliphatic heterocycles. The van der Waals surface area contributed by atoms with Gasteiger partial charge >= 0.3 is 0 Å². The molecule has 0 bridgehead atoms. The van der Waals surface area contributed by atoms with Crippen molar-refractivity contribution < 1.29 is 9.53 Å². The van der Waals surface area contributed by atoms with E-state index in [1.54, 1.807) is 19.9 Å². The summed E-state index contributed by atoms with van der Waals surface area (Å²) >= 11 is 0. The first-order valence-electron chi connectivity index (χ1n) is 6.12. The minimum atomic E-state index is -0.377. The summed E-state index contributed by atoms with van der Waals surface area (Å²) < 4.78 is 5.26. The van der Waals surface area contributed by atoms with Gasteiger partial charge in [-0.3, -0.25) is 9.59 Å². The van der Waals surface area contributed by atoms with E-state index >= 15 is 0 Å². The second kappa shape index (κ2) is 6.89. The number of aromatic amines is 1. The van der Waals surface area contributed by atoms with Crippen LogP contribution in [0.25, 0.3) is 0 Å². The molecule has 19 heavy (non-hydrogen) atoms. The van der Waals surface area contributed by atoms with Gasteiger partial charge in [-0.15, -0.1) is 0 Å². The molecule has 0 aliphatic rings. The van der Waals surface area contributed by atoms with E-state index in [2.05, 4.69) is 16.9 Å². The van der Waals surface area contributed by atoms with E-state index < -0.39 is 0 Å². The number of rotatable bonds is 6. The van der Waals surface area contributed by atoms with E-state index in [1.807, 2.05) is 6.92 Å². The highest BCUT2D eigenvalue weighted by molar-refractivity contribution is 5.95. The topological polar surface area (TPSA) is 71.2 Å². The van der Waals surface area contributed by atoms with Crippen LogP contribution in [-0.2, 0) is 4.74 Å². The predicted molar refractivity (Wildman–Crippen MR) is 74.5 cm³/mol. The number of pyridine rings is 1. The van der Waals surface area contributed by atoms with Crippen LogP contribution in [-0.4, -0.2) is 30.6 Å². The quantitative estimate of drug-likeness (QED) is 0.601. The zero-order valence-electron chi connectivity index (χ0n) is 11.6. The van der Waals surface area contributed by atoms with Crippen molar-refractivity contribution in [2.24, 2.45) is 0 Å². The molecule has 1 aromatic heterocycles. The molecule has 104 valence electrons. The standard InChI is InChI=1S/C14H20N2O3/c1-9(2)8-19-6-5-15-13(17)12-10(3)7-11(4)16-14(12)18/h7H,1,5-6,8H2,2-4H3,(H,15,17)(H,16,18). The second-order valence-corrected chi connectivity index (χ2v) is 4.61. The van der Waals surface area contributed by atoms with E-state index in [0.29, 0.717) is 25.3 Å². The maximum Gasteiger partial charge on any atom is 0.261 e. The first-order chi connectivity index (χ1) is 8.91. The zero-order chi connectivity index (χ0) is 14.4. The van der Waals surface area contributed by atoms with Crippen LogP contribution in [0.15, 0.2) is 23.0 Å². The molecular weight excluding hydrogens is 244 g/mol. The molecule has 0 aliphatic carbocycles. The van der Waals surface area contributed by atoms with E-state index in [-0.39, 0.29) is 17.0 Å². The Morgan fingerprint density at radius 1 is 1.47 bits per heavy atom. The highest BCUT2D eigenvalue weighted by atomic mass is 16.5. The summed E-state index contributed by atoms with van der Waals surface area (Å²) in [6.45, 7) is 10.3. The number of amides is 1. The molecule has 0 radical (unpaired) electrons. The minimum Gasteiger partial charge on any atom is -0.375 e. The van der Waals surface area contributed by atoms with Crippen molar-refractivity contribution in [3.8, 4) is 0 Å². The third-order valence-corrected chi connectivity index (χ3v) is 2.47. The molecule has 5 nitrogen and oxygen atoms in total. The predicted octanol–water partition coefficient (Wildman–Crippen LogP) is 1.31. The van der Waals surface area contributed by atoms with Crippen LogP contribution in [0.1, 0.15) is 28.5 Å². The second-order valence-electron chi connectivity index (χ2n) is 4.61. The van der Waals surface area contributed by atoms with Crippen molar-refractivity contribution in [1.29, 1.82) is 0 Å². The molecular formula is C14H20N2O3. The summed E-state index contributed by atoms with van der Waals surface area (Å²) in [6, 6.07) is 1.77. The molecule has 1 rings (SSSR count). The van der Waals surface area contributed by atoms with Gasteiger partial charge in [-0.1, -0.05) is 12.2 Å². The van der Waals surface area contributed by atoms with Gasteiger partial charge in [-0.2, -0.15) is 0 Å². The number of aryl methyl sites for hydroxylation is 2. The van der Waals surface area contributed by atoms with Gasteiger partial charge in [0, 0.05) is 12.2 Å². The van der Waals surface area contributed by atoms with Gasteiger partial charge in [0.2, 0.25) is 0 Å². The Hall–Kier alpha value is -1.88. The van der Waals surface area contributed by atoms with Gasteiger partial charge in [0.1, 0.15) is 5.56 Å². The van der Waals surface area contributed by atoms with E-state index in [9.17, 15) is 9.59 Å². The van der Waals surface area contributed by atoms with E-state index in [1.165, 1.54) is 0 Å². The normalized spacial score (nSPS) is 10.3. The molecule has 5 heteroatoms. The van der Waals surface area contributed by atoms with Crippen LogP contribution >= 0.6 is 0 Å². The fourth-order valence-corrected chi connectivity index (χ4v) is 1.71. The first-order valence-corrected chi connectivity index (χ1v) is 6.12. The van der Waals surface area contributed by atoms with Gasteiger partial charge in [0.15, 0.2) is 0 Å². The number of carbonyl (C=O) groups is 1. The Labute approximate surface area is 112 Å². The molecule has 0 spiro atoms. The number of carbonyl (C=O) groups excluding carboxylic acids is 1. The van der Waals surface area contributed by atoms with Crippen molar-refractivity contribution in [3.63, 3.8) is 0 Å². The summed E-state index contributed by atoms with van der Waals surface area (Å²) in [5, 5.41) is 2.66. The number of nitrogens with one attached hydrogen (secondary N) is 2. The Morgan fingerprint density at radius 3 is 2.74 bits per heavy atom. The number of aromatic nitrogens is 1. The molecule has 0 aromatic carbocycles. The molecule has 0 unspecified atom stereocenters. The van der Waals surface area contributed by atoms with Crippen LogP contribution in [0.3, 0.4) is 0 Å². The lowest BCUT2D eigenvalue weighted by molar-refractivity contribution is 0.0924. The summed E-state index contributed by atoms with van der Waals surface area (Å²) in [7, 11) is 0. The third kappa shape index (κ3) is 4.71. The molecule has 0 fully saturated rings. The Bertz CT molecular complexity index is 532. The molecule has 0 saturated heterocycles. The van der Waals surface area contributed by atoms with Crippen LogP contribution in [0.2, 0.25) is 0 Å². The zero-order valence-corrected chi connectivity index (χ0v) is 11.6. The Balaban J connectivity index is 2.55. The van der Waals surface area contributed by atoms with Crippen molar-refractivity contribution in [2.45, 2.75) is 20.8 Å². The maximum absolute atomic E-state index is 11.9. The largest absolute Gasteiger partial charge is 0.375 e. The SMILES string of the molecule is C=C(C)COCCNC(=O)c1c(C)cc(C)[nH]c1=O. The monoisotopic (exact) mass is 264 g/mol.